The molecule has 0 aliphatic rings. The van der Waals surface area contributed by atoms with Gasteiger partial charge >= 0.3 is 0 Å². The molecule has 0 aromatic heterocycles. The maximum absolute atomic E-state index is 13.7. The van der Waals surface area contributed by atoms with E-state index in [4.69, 9.17) is 0 Å². The van der Waals surface area contributed by atoms with E-state index < -0.39 is 5.67 Å². The summed E-state index contributed by atoms with van der Waals surface area (Å²) in [6.07, 6.45) is 3.86. The van der Waals surface area contributed by atoms with Crippen LogP contribution in [0.3, 0.4) is 0 Å². The first kappa shape index (κ1) is 13.9. The van der Waals surface area contributed by atoms with Crippen molar-refractivity contribution in [3.8, 4) is 0 Å². The summed E-state index contributed by atoms with van der Waals surface area (Å²) in [5.74, 6) is 0. The number of halogens is 1. The first-order valence-electron chi connectivity index (χ1n) is 5.10. The fourth-order valence-corrected chi connectivity index (χ4v) is 1.36. The van der Waals surface area contributed by atoms with Gasteiger partial charge in [-0.3, -0.25) is 0 Å². The number of rotatable bonds is 4. The van der Waals surface area contributed by atoms with Gasteiger partial charge in [-0.05, 0) is 51.3 Å². The Kier molecular flexibility index (Phi) is 4.73. The van der Waals surface area contributed by atoms with Crippen LogP contribution in [0.15, 0.2) is 47.6 Å². The van der Waals surface area contributed by atoms with Crippen molar-refractivity contribution in [2.45, 2.75) is 40.3 Å². The molecule has 1 heteroatoms. The van der Waals surface area contributed by atoms with Gasteiger partial charge in [-0.25, -0.2) is 4.39 Å². The molecule has 0 rings (SSSR count). The Bertz CT molecular complexity index is 322. The maximum Gasteiger partial charge on any atom is 0.130 e. The molecule has 0 aliphatic heterocycles. The summed E-state index contributed by atoms with van der Waals surface area (Å²) < 4.78 is 13.7. The monoisotopic (exact) mass is 208 g/mol. The highest BCUT2D eigenvalue weighted by Gasteiger charge is 2.22. The molecule has 84 valence electrons. The van der Waals surface area contributed by atoms with Crippen LogP contribution in [0.25, 0.3) is 0 Å². The lowest BCUT2D eigenvalue weighted by atomic mass is 9.89. The fraction of sp³-hybridized carbons (Fsp3) is 0.429. The second-order valence-electron chi connectivity index (χ2n) is 4.27. The normalized spacial score (nSPS) is 14.0. The number of hydrogen-bond acceptors (Lipinski definition) is 0. The summed E-state index contributed by atoms with van der Waals surface area (Å²) in [5, 5.41) is 0. The van der Waals surface area contributed by atoms with Crippen LogP contribution in [-0.2, 0) is 0 Å². The van der Waals surface area contributed by atoms with E-state index in [2.05, 4.69) is 13.2 Å². The smallest absolute Gasteiger partial charge is 0.130 e. The number of hydrogen-bond donors (Lipinski definition) is 0. The first-order chi connectivity index (χ1) is 6.71. The van der Waals surface area contributed by atoms with Crippen LogP contribution in [0, 0.1) is 0 Å². The molecule has 0 aromatic rings. The summed E-state index contributed by atoms with van der Waals surface area (Å²) in [6.45, 7) is 16.5. The van der Waals surface area contributed by atoms with Crippen LogP contribution in [0.5, 0.6) is 0 Å². The highest BCUT2D eigenvalue weighted by Crippen LogP contribution is 2.29. The lowest BCUT2D eigenvalue weighted by molar-refractivity contribution is 0.272. The average molecular weight is 208 g/mol. The van der Waals surface area contributed by atoms with E-state index in [1.54, 1.807) is 0 Å². The molecule has 0 saturated carbocycles. The van der Waals surface area contributed by atoms with Gasteiger partial charge in [-0.15, -0.1) is 0 Å². The minimum absolute atomic E-state index is 0.513. The lowest BCUT2D eigenvalue weighted by Gasteiger charge is -2.20. The minimum atomic E-state index is -1.38. The Morgan fingerprint density at radius 2 is 1.67 bits per heavy atom. The molecular weight excluding hydrogens is 187 g/mol. The van der Waals surface area contributed by atoms with Crippen molar-refractivity contribution in [1.29, 1.82) is 0 Å². The molecule has 0 spiro atoms. The molecule has 0 N–H and O–H groups in total. The second-order valence-corrected chi connectivity index (χ2v) is 4.27. The zero-order chi connectivity index (χ0) is 12.2. The SMILES string of the molecule is C=C(C)C(/C=C\C)=C(\C)C(=C)C(C)(C)F. The van der Waals surface area contributed by atoms with Gasteiger partial charge in [0.05, 0.1) is 0 Å². The van der Waals surface area contributed by atoms with Gasteiger partial charge in [0.1, 0.15) is 5.67 Å². The highest BCUT2D eigenvalue weighted by molar-refractivity contribution is 5.49. The van der Waals surface area contributed by atoms with Gasteiger partial charge in [0.25, 0.3) is 0 Å². The van der Waals surface area contributed by atoms with Crippen molar-refractivity contribution in [2.24, 2.45) is 0 Å². The molecule has 0 nitrogen and oxygen atoms in total. The molecule has 0 unspecified atom stereocenters. The third kappa shape index (κ3) is 3.86. The third-order valence-electron chi connectivity index (χ3n) is 2.37. The Morgan fingerprint density at radius 3 is 1.93 bits per heavy atom. The molecule has 0 amide bonds. The van der Waals surface area contributed by atoms with Crippen molar-refractivity contribution in [3.63, 3.8) is 0 Å². The quantitative estimate of drug-likeness (QED) is 0.584. The topological polar surface area (TPSA) is 0 Å². The lowest BCUT2D eigenvalue weighted by Crippen LogP contribution is -2.16. The van der Waals surface area contributed by atoms with Crippen LogP contribution >= 0.6 is 0 Å². The van der Waals surface area contributed by atoms with Crippen molar-refractivity contribution in [3.05, 3.63) is 47.6 Å². The molecule has 0 fully saturated rings. The van der Waals surface area contributed by atoms with Gasteiger partial charge in [-0.2, -0.15) is 0 Å². The van der Waals surface area contributed by atoms with Crippen molar-refractivity contribution >= 4 is 0 Å². The molecular formula is C14H21F. The zero-order valence-electron chi connectivity index (χ0n) is 10.4. The van der Waals surface area contributed by atoms with Gasteiger partial charge in [-0.1, -0.05) is 30.9 Å². The number of alkyl halides is 1. The highest BCUT2D eigenvalue weighted by atomic mass is 19.1. The van der Waals surface area contributed by atoms with Crippen molar-refractivity contribution in [2.75, 3.05) is 0 Å². The van der Waals surface area contributed by atoms with Crippen LogP contribution in [0.4, 0.5) is 4.39 Å². The van der Waals surface area contributed by atoms with E-state index in [0.717, 1.165) is 16.7 Å². The summed E-state index contributed by atoms with van der Waals surface area (Å²) in [6, 6.07) is 0. The van der Waals surface area contributed by atoms with Crippen LogP contribution in [0.1, 0.15) is 34.6 Å². The Morgan fingerprint density at radius 1 is 1.20 bits per heavy atom. The third-order valence-corrected chi connectivity index (χ3v) is 2.37. The summed E-state index contributed by atoms with van der Waals surface area (Å²) in [7, 11) is 0. The van der Waals surface area contributed by atoms with Crippen LogP contribution in [-0.4, -0.2) is 5.67 Å². The van der Waals surface area contributed by atoms with E-state index in [1.165, 1.54) is 13.8 Å². The van der Waals surface area contributed by atoms with E-state index in [-0.39, 0.29) is 0 Å². The summed E-state index contributed by atoms with van der Waals surface area (Å²) in [4.78, 5) is 0. The van der Waals surface area contributed by atoms with Gasteiger partial charge in [0.15, 0.2) is 0 Å². The zero-order valence-corrected chi connectivity index (χ0v) is 10.4. The Labute approximate surface area is 92.9 Å². The van der Waals surface area contributed by atoms with E-state index in [9.17, 15) is 4.39 Å². The molecule has 0 heterocycles. The molecule has 0 saturated heterocycles. The van der Waals surface area contributed by atoms with Crippen LogP contribution < -0.4 is 0 Å². The van der Waals surface area contributed by atoms with E-state index in [0.29, 0.717) is 5.57 Å². The summed E-state index contributed by atoms with van der Waals surface area (Å²) >= 11 is 0. The molecule has 0 aromatic carbocycles. The summed E-state index contributed by atoms with van der Waals surface area (Å²) in [5.41, 5.74) is 1.89. The van der Waals surface area contributed by atoms with E-state index in [1.807, 2.05) is 32.9 Å². The Hall–Kier alpha value is -1.11. The molecule has 0 bridgehead atoms. The van der Waals surface area contributed by atoms with Gasteiger partial charge < -0.3 is 0 Å². The van der Waals surface area contributed by atoms with Crippen LogP contribution in [0.2, 0.25) is 0 Å². The van der Waals surface area contributed by atoms with E-state index >= 15 is 0 Å². The fourth-order valence-electron chi connectivity index (χ4n) is 1.36. The predicted molar refractivity (Wildman–Crippen MR) is 66.7 cm³/mol. The predicted octanol–water partition coefficient (Wildman–Crippen LogP) is 4.76. The molecule has 15 heavy (non-hydrogen) atoms. The standard InChI is InChI=1S/C14H21F/c1-8-9-13(10(2)3)11(4)12(5)14(6,7)15/h8-9H,2,5H2,1,3-4,6-7H3/b9-8-,13-11+. The van der Waals surface area contributed by atoms with Gasteiger partial charge in [0.2, 0.25) is 0 Å². The molecule has 0 atom stereocenters. The largest absolute Gasteiger partial charge is 0.239 e. The van der Waals surface area contributed by atoms with Gasteiger partial charge in [0, 0.05) is 0 Å². The average Bonchev–Trinajstić information content (AvgIpc) is 2.09. The van der Waals surface area contributed by atoms with Crippen molar-refractivity contribution in [1.82, 2.24) is 0 Å². The minimum Gasteiger partial charge on any atom is -0.239 e. The molecule has 0 aliphatic carbocycles. The second kappa shape index (κ2) is 5.11. The van der Waals surface area contributed by atoms with Crippen molar-refractivity contribution < 1.29 is 4.39 Å². The maximum atomic E-state index is 13.7. The molecule has 0 radical (unpaired) electrons. The Balaban J connectivity index is 5.39. The number of allylic oxidation sites excluding steroid dienone is 6. The first-order valence-corrected chi connectivity index (χ1v) is 5.10.